The van der Waals surface area contributed by atoms with Gasteiger partial charge in [-0.15, -0.1) is 0 Å². The molecule has 7 heteroatoms. The third kappa shape index (κ3) is 4.02. The first-order valence-corrected chi connectivity index (χ1v) is 8.96. The molecule has 0 unspecified atom stereocenters. The molecule has 1 aliphatic rings. The predicted octanol–water partition coefficient (Wildman–Crippen LogP) is 3.80. The van der Waals surface area contributed by atoms with Gasteiger partial charge in [-0.3, -0.25) is 14.5 Å². The summed E-state index contributed by atoms with van der Waals surface area (Å²) in [5.74, 6) is -0.801. The number of rotatable bonds is 4. The highest BCUT2D eigenvalue weighted by atomic mass is 35.5. The zero-order valence-electron chi connectivity index (χ0n) is 14.8. The molecule has 138 valence electrons. The van der Waals surface area contributed by atoms with Crippen LogP contribution in [0.15, 0.2) is 54.2 Å². The van der Waals surface area contributed by atoms with Crippen molar-refractivity contribution in [3.05, 3.63) is 70.4 Å². The number of aryl methyl sites for hydroxylation is 1. The molecule has 0 N–H and O–H groups in total. The molecule has 1 aliphatic heterocycles. The van der Waals surface area contributed by atoms with Gasteiger partial charge in [-0.25, -0.2) is 0 Å². The molecule has 0 radical (unpaired) electrons. The van der Waals surface area contributed by atoms with Crippen LogP contribution in [0.2, 0.25) is 5.02 Å². The molecule has 1 fully saturated rings. The van der Waals surface area contributed by atoms with Gasteiger partial charge in [0.15, 0.2) is 5.11 Å². The van der Waals surface area contributed by atoms with Gasteiger partial charge in [0.2, 0.25) is 0 Å². The Morgan fingerprint density at radius 3 is 2.37 bits per heavy atom. The topological polar surface area (TPSA) is 49.9 Å². The van der Waals surface area contributed by atoms with Gasteiger partial charge in [0.05, 0.1) is 12.8 Å². The zero-order chi connectivity index (χ0) is 19.6. The van der Waals surface area contributed by atoms with E-state index in [1.807, 2.05) is 31.2 Å². The molecule has 2 aromatic rings. The molecule has 5 nitrogen and oxygen atoms in total. The first-order valence-electron chi connectivity index (χ1n) is 8.17. The lowest BCUT2D eigenvalue weighted by molar-refractivity contribution is -0.140. The van der Waals surface area contributed by atoms with Crippen LogP contribution in [-0.2, 0) is 14.3 Å². The molecule has 0 aliphatic carbocycles. The lowest BCUT2D eigenvalue weighted by atomic mass is 10.1. The highest BCUT2D eigenvalue weighted by Gasteiger charge is 2.40. The zero-order valence-corrected chi connectivity index (χ0v) is 16.4. The fourth-order valence-corrected chi connectivity index (χ4v) is 3.14. The summed E-state index contributed by atoms with van der Waals surface area (Å²) in [5, 5.41) is 0.768. The summed E-state index contributed by atoms with van der Waals surface area (Å²) in [6.45, 7) is 1.83. The lowest BCUT2D eigenvalue weighted by Gasteiger charge is -2.19. The van der Waals surface area contributed by atoms with E-state index in [2.05, 4.69) is 0 Å². The van der Waals surface area contributed by atoms with Crippen LogP contribution in [0.3, 0.4) is 0 Å². The maximum Gasteiger partial charge on any atom is 0.325 e. The standard InChI is InChI=1S/C20H17ClN2O3S/c1-13-3-5-14(6-4-13)11-17-19(25)23(16-9-7-15(21)8-10-16)20(27)22(17)12-18(24)26-2/h3-11H,12H2,1-2H3/b17-11-. The summed E-state index contributed by atoms with van der Waals surface area (Å²) in [5.41, 5.74) is 2.83. The van der Waals surface area contributed by atoms with Crippen molar-refractivity contribution < 1.29 is 14.3 Å². The average Bonchev–Trinajstić information content (AvgIpc) is 2.88. The fourth-order valence-electron chi connectivity index (χ4n) is 2.67. The smallest absolute Gasteiger partial charge is 0.325 e. The Labute approximate surface area is 167 Å². The number of ether oxygens (including phenoxy) is 1. The number of esters is 1. The third-order valence-electron chi connectivity index (χ3n) is 4.12. The molecule has 1 amide bonds. The fraction of sp³-hybridized carbons (Fsp3) is 0.150. The number of carbonyl (C=O) groups excluding carboxylic acids is 2. The minimum Gasteiger partial charge on any atom is -0.468 e. The van der Waals surface area contributed by atoms with E-state index in [1.54, 1.807) is 30.3 Å². The summed E-state index contributed by atoms with van der Waals surface area (Å²) < 4.78 is 4.75. The number of amides is 1. The molecule has 0 aromatic heterocycles. The molecule has 1 saturated heterocycles. The van der Waals surface area contributed by atoms with E-state index in [0.717, 1.165) is 11.1 Å². The molecule has 0 bridgehead atoms. The number of methoxy groups -OCH3 is 1. The van der Waals surface area contributed by atoms with E-state index in [1.165, 1.54) is 16.9 Å². The first-order chi connectivity index (χ1) is 12.9. The summed E-state index contributed by atoms with van der Waals surface area (Å²) >= 11 is 11.4. The number of carbonyl (C=O) groups is 2. The normalized spacial score (nSPS) is 15.6. The highest BCUT2D eigenvalue weighted by Crippen LogP contribution is 2.30. The largest absolute Gasteiger partial charge is 0.468 e. The van der Waals surface area contributed by atoms with Crippen LogP contribution in [0.4, 0.5) is 5.69 Å². The number of anilines is 1. The lowest BCUT2D eigenvalue weighted by Crippen LogP contribution is -2.35. The Balaban J connectivity index is 2.03. The maximum atomic E-state index is 13.1. The van der Waals surface area contributed by atoms with Gasteiger partial charge in [-0.2, -0.15) is 0 Å². The molecular formula is C20H17ClN2O3S. The number of nitrogens with zero attached hydrogens (tertiary/aromatic N) is 2. The van der Waals surface area contributed by atoms with Crippen LogP contribution >= 0.6 is 23.8 Å². The van der Waals surface area contributed by atoms with E-state index in [4.69, 9.17) is 28.6 Å². The summed E-state index contributed by atoms with van der Waals surface area (Å²) in [4.78, 5) is 27.8. The van der Waals surface area contributed by atoms with Crippen molar-refractivity contribution >= 4 is 52.6 Å². The molecule has 0 atom stereocenters. The van der Waals surface area contributed by atoms with Gasteiger partial charge < -0.3 is 9.64 Å². The molecule has 27 heavy (non-hydrogen) atoms. The second kappa shape index (κ2) is 7.90. The van der Waals surface area contributed by atoms with E-state index >= 15 is 0 Å². The van der Waals surface area contributed by atoms with Crippen molar-refractivity contribution in [3.63, 3.8) is 0 Å². The quantitative estimate of drug-likeness (QED) is 0.444. The summed E-state index contributed by atoms with van der Waals surface area (Å²) in [6, 6.07) is 14.5. The van der Waals surface area contributed by atoms with Crippen LogP contribution in [0.25, 0.3) is 6.08 Å². The number of hydrogen-bond acceptors (Lipinski definition) is 4. The Morgan fingerprint density at radius 2 is 1.78 bits per heavy atom. The van der Waals surface area contributed by atoms with Crippen LogP contribution < -0.4 is 4.90 Å². The van der Waals surface area contributed by atoms with Gasteiger partial charge >= 0.3 is 5.97 Å². The van der Waals surface area contributed by atoms with Crippen molar-refractivity contribution in [2.24, 2.45) is 0 Å². The Bertz CT molecular complexity index is 923. The summed E-state index contributed by atoms with van der Waals surface area (Å²) in [6.07, 6.45) is 1.72. The maximum absolute atomic E-state index is 13.1. The van der Waals surface area contributed by atoms with Gasteiger partial charge in [-0.1, -0.05) is 41.4 Å². The Hall–Kier alpha value is -2.70. The molecule has 1 heterocycles. The monoisotopic (exact) mass is 400 g/mol. The number of thiocarbonyl (C=S) groups is 1. The van der Waals surface area contributed by atoms with Crippen LogP contribution in [0.5, 0.6) is 0 Å². The molecule has 0 spiro atoms. The number of halogens is 1. The van der Waals surface area contributed by atoms with Crippen LogP contribution in [-0.4, -0.2) is 35.5 Å². The van der Waals surface area contributed by atoms with Gasteiger partial charge in [0, 0.05) is 5.02 Å². The van der Waals surface area contributed by atoms with Crippen molar-refractivity contribution in [1.29, 1.82) is 0 Å². The van der Waals surface area contributed by atoms with E-state index in [0.29, 0.717) is 16.4 Å². The Morgan fingerprint density at radius 1 is 1.15 bits per heavy atom. The van der Waals surface area contributed by atoms with E-state index in [-0.39, 0.29) is 17.6 Å². The summed E-state index contributed by atoms with van der Waals surface area (Å²) in [7, 11) is 1.30. The Kier molecular flexibility index (Phi) is 5.58. The van der Waals surface area contributed by atoms with Crippen molar-refractivity contribution in [3.8, 4) is 0 Å². The van der Waals surface area contributed by atoms with Crippen molar-refractivity contribution in [2.45, 2.75) is 6.92 Å². The number of benzene rings is 2. The second-order valence-electron chi connectivity index (χ2n) is 6.00. The van der Waals surface area contributed by atoms with Gasteiger partial charge in [-0.05, 0) is 55.0 Å². The second-order valence-corrected chi connectivity index (χ2v) is 6.80. The van der Waals surface area contributed by atoms with Gasteiger partial charge in [0.25, 0.3) is 5.91 Å². The van der Waals surface area contributed by atoms with E-state index < -0.39 is 5.97 Å². The van der Waals surface area contributed by atoms with Crippen molar-refractivity contribution in [1.82, 2.24) is 4.90 Å². The first kappa shape index (κ1) is 19.1. The predicted molar refractivity (Wildman–Crippen MR) is 109 cm³/mol. The molecule has 0 saturated carbocycles. The minimum atomic E-state index is -0.488. The third-order valence-corrected chi connectivity index (χ3v) is 4.77. The SMILES string of the molecule is COC(=O)CN1C(=S)N(c2ccc(Cl)cc2)C(=O)/C1=C/c1ccc(C)cc1. The van der Waals surface area contributed by atoms with Crippen LogP contribution in [0.1, 0.15) is 11.1 Å². The minimum absolute atomic E-state index is 0.150. The van der Waals surface area contributed by atoms with Crippen molar-refractivity contribution in [2.75, 3.05) is 18.6 Å². The molecule has 3 rings (SSSR count). The molecule has 2 aromatic carbocycles. The van der Waals surface area contributed by atoms with Gasteiger partial charge in [0.1, 0.15) is 12.2 Å². The van der Waals surface area contributed by atoms with E-state index in [9.17, 15) is 9.59 Å². The van der Waals surface area contributed by atoms with Crippen LogP contribution in [0, 0.1) is 6.92 Å². The number of hydrogen-bond donors (Lipinski definition) is 0. The average molecular weight is 401 g/mol. The molecular weight excluding hydrogens is 384 g/mol. The highest BCUT2D eigenvalue weighted by molar-refractivity contribution is 7.80.